The van der Waals surface area contributed by atoms with Crippen LogP contribution in [0.15, 0.2) is 54.9 Å². The van der Waals surface area contributed by atoms with Crippen LogP contribution in [-0.4, -0.2) is 15.0 Å². The number of hydrogen-bond donors (Lipinski definition) is 2. The van der Waals surface area contributed by atoms with E-state index in [0.29, 0.717) is 18.4 Å². The van der Waals surface area contributed by atoms with Crippen LogP contribution in [0.25, 0.3) is 0 Å². The Balaban J connectivity index is 1.78. The molecule has 0 bridgehead atoms. The van der Waals surface area contributed by atoms with E-state index in [1.807, 2.05) is 37.4 Å². The number of rotatable bonds is 6. The third-order valence-electron chi connectivity index (χ3n) is 3.88. The Labute approximate surface area is 148 Å². The predicted octanol–water partition coefficient (Wildman–Crippen LogP) is 4.66. The van der Waals surface area contributed by atoms with Gasteiger partial charge in [0.15, 0.2) is 0 Å². The molecule has 0 aliphatic carbocycles. The van der Waals surface area contributed by atoms with E-state index in [0.717, 1.165) is 22.8 Å². The molecule has 128 valence electrons. The van der Waals surface area contributed by atoms with E-state index in [1.54, 1.807) is 6.20 Å². The van der Waals surface area contributed by atoms with E-state index in [4.69, 9.17) is 0 Å². The zero-order chi connectivity index (χ0) is 17.6. The summed E-state index contributed by atoms with van der Waals surface area (Å²) in [6.07, 6.45) is 3.62. The summed E-state index contributed by atoms with van der Waals surface area (Å²) in [4.78, 5) is 13.2. The highest BCUT2D eigenvalue weighted by Gasteiger charge is 2.08. The lowest BCUT2D eigenvalue weighted by atomic mass is 10.0. The Bertz CT molecular complexity index is 830. The fourth-order valence-corrected chi connectivity index (χ4v) is 2.65. The largest absolute Gasteiger partial charge is 0.366 e. The van der Waals surface area contributed by atoms with Crippen molar-refractivity contribution in [3.8, 4) is 0 Å². The fourth-order valence-electron chi connectivity index (χ4n) is 2.65. The standard InChI is InChI=1S/C20H23N5/c1-14(2)17-8-4-5-9-18(17)24-20-23-15(3)11-19(25-20)22-13-16-7-6-10-21-12-16/h4-12,14H,13H2,1-3H3,(H2,22,23,24,25). The second kappa shape index (κ2) is 7.75. The van der Waals surface area contributed by atoms with Gasteiger partial charge in [-0.2, -0.15) is 4.98 Å². The van der Waals surface area contributed by atoms with Gasteiger partial charge in [0.1, 0.15) is 5.82 Å². The van der Waals surface area contributed by atoms with Gasteiger partial charge in [-0.1, -0.05) is 38.1 Å². The van der Waals surface area contributed by atoms with Gasteiger partial charge in [-0.15, -0.1) is 0 Å². The van der Waals surface area contributed by atoms with Crippen molar-refractivity contribution >= 4 is 17.5 Å². The summed E-state index contributed by atoms with van der Waals surface area (Å²) in [6.45, 7) is 7.00. The van der Waals surface area contributed by atoms with Crippen molar-refractivity contribution in [2.75, 3.05) is 10.6 Å². The quantitative estimate of drug-likeness (QED) is 0.687. The Kier molecular flexibility index (Phi) is 5.23. The van der Waals surface area contributed by atoms with Gasteiger partial charge < -0.3 is 10.6 Å². The first-order valence-corrected chi connectivity index (χ1v) is 8.46. The second-order valence-electron chi connectivity index (χ2n) is 6.30. The van der Waals surface area contributed by atoms with Crippen molar-refractivity contribution in [2.45, 2.75) is 33.2 Å². The molecule has 0 saturated carbocycles. The molecule has 0 aliphatic rings. The van der Waals surface area contributed by atoms with E-state index in [1.165, 1.54) is 5.56 Å². The lowest BCUT2D eigenvalue weighted by molar-refractivity contribution is 0.868. The van der Waals surface area contributed by atoms with Crippen LogP contribution in [0.2, 0.25) is 0 Å². The molecule has 0 spiro atoms. The Morgan fingerprint density at radius 1 is 1.04 bits per heavy atom. The number of nitrogens with one attached hydrogen (secondary N) is 2. The van der Waals surface area contributed by atoms with E-state index in [-0.39, 0.29) is 0 Å². The highest BCUT2D eigenvalue weighted by atomic mass is 15.1. The van der Waals surface area contributed by atoms with Gasteiger partial charge in [-0.3, -0.25) is 4.98 Å². The highest BCUT2D eigenvalue weighted by molar-refractivity contribution is 5.60. The number of aromatic nitrogens is 3. The SMILES string of the molecule is Cc1cc(NCc2cccnc2)nc(Nc2ccccc2C(C)C)n1. The molecule has 0 atom stereocenters. The van der Waals surface area contributed by atoms with Crippen molar-refractivity contribution < 1.29 is 0 Å². The number of para-hydroxylation sites is 1. The van der Waals surface area contributed by atoms with Gasteiger partial charge in [-0.25, -0.2) is 4.98 Å². The Hall–Kier alpha value is -2.95. The summed E-state index contributed by atoms with van der Waals surface area (Å²) in [5.41, 5.74) is 4.31. The molecule has 3 rings (SSSR count). The zero-order valence-corrected chi connectivity index (χ0v) is 14.8. The summed E-state index contributed by atoms with van der Waals surface area (Å²) in [7, 11) is 0. The minimum Gasteiger partial charge on any atom is -0.366 e. The Morgan fingerprint density at radius 3 is 2.64 bits per heavy atom. The molecule has 1 aromatic carbocycles. The number of benzene rings is 1. The number of anilines is 3. The average Bonchev–Trinajstić information content (AvgIpc) is 2.61. The van der Waals surface area contributed by atoms with Crippen LogP contribution in [0.4, 0.5) is 17.5 Å². The molecule has 3 aromatic rings. The normalized spacial score (nSPS) is 10.7. The topological polar surface area (TPSA) is 62.7 Å². The Morgan fingerprint density at radius 2 is 1.88 bits per heavy atom. The van der Waals surface area contributed by atoms with Gasteiger partial charge in [0.2, 0.25) is 5.95 Å². The third-order valence-corrected chi connectivity index (χ3v) is 3.88. The highest BCUT2D eigenvalue weighted by Crippen LogP contribution is 2.26. The summed E-state index contributed by atoms with van der Waals surface area (Å²) in [5, 5.41) is 6.69. The average molecular weight is 333 g/mol. The zero-order valence-electron chi connectivity index (χ0n) is 14.8. The van der Waals surface area contributed by atoms with Crippen molar-refractivity contribution in [1.29, 1.82) is 0 Å². The smallest absolute Gasteiger partial charge is 0.229 e. The fraction of sp³-hybridized carbons (Fsp3) is 0.250. The van der Waals surface area contributed by atoms with Crippen LogP contribution in [0.1, 0.15) is 36.6 Å². The maximum absolute atomic E-state index is 4.59. The van der Waals surface area contributed by atoms with Crippen LogP contribution in [-0.2, 0) is 6.54 Å². The number of nitrogens with zero attached hydrogens (tertiary/aromatic N) is 3. The molecule has 5 heteroatoms. The molecule has 0 unspecified atom stereocenters. The van der Waals surface area contributed by atoms with Crippen molar-refractivity contribution in [3.63, 3.8) is 0 Å². The van der Waals surface area contributed by atoms with Crippen LogP contribution < -0.4 is 10.6 Å². The summed E-state index contributed by atoms with van der Waals surface area (Å²) >= 11 is 0. The summed E-state index contributed by atoms with van der Waals surface area (Å²) < 4.78 is 0. The molecule has 2 heterocycles. The van der Waals surface area contributed by atoms with Crippen LogP contribution in [0.3, 0.4) is 0 Å². The molecule has 0 fully saturated rings. The van der Waals surface area contributed by atoms with E-state index in [9.17, 15) is 0 Å². The van der Waals surface area contributed by atoms with E-state index in [2.05, 4.69) is 57.6 Å². The number of pyridine rings is 1. The lowest BCUT2D eigenvalue weighted by Gasteiger charge is -2.14. The van der Waals surface area contributed by atoms with Gasteiger partial charge >= 0.3 is 0 Å². The first-order chi connectivity index (χ1) is 12.1. The van der Waals surface area contributed by atoms with Gasteiger partial charge in [0.05, 0.1) is 0 Å². The van der Waals surface area contributed by atoms with Gasteiger partial charge in [0, 0.05) is 36.4 Å². The second-order valence-corrected chi connectivity index (χ2v) is 6.30. The molecular weight excluding hydrogens is 310 g/mol. The molecule has 5 nitrogen and oxygen atoms in total. The van der Waals surface area contributed by atoms with Crippen LogP contribution in [0, 0.1) is 6.92 Å². The molecular formula is C20H23N5. The van der Waals surface area contributed by atoms with Crippen molar-refractivity contribution in [2.24, 2.45) is 0 Å². The monoisotopic (exact) mass is 333 g/mol. The van der Waals surface area contributed by atoms with Gasteiger partial charge in [0.25, 0.3) is 0 Å². The van der Waals surface area contributed by atoms with E-state index >= 15 is 0 Å². The number of hydrogen-bond acceptors (Lipinski definition) is 5. The summed E-state index contributed by atoms with van der Waals surface area (Å²) in [6, 6.07) is 14.2. The predicted molar refractivity (Wildman–Crippen MR) is 102 cm³/mol. The van der Waals surface area contributed by atoms with Crippen molar-refractivity contribution in [1.82, 2.24) is 15.0 Å². The third kappa shape index (κ3) is 4.53. The molecule has 0 saturated heterocycles. The van der Waals surface area contributed by atoms with Gasteiger partial charge in [-0.05, 0) is 36.1 Å². The minimum atomic E-state index is 0.427. The lowest BCUT2D eigenvalue weighted by Crippen LogP contribution is -2.06. The van der Waals surface area contributed by atoms with Crippen LogP contribution >= 0.6 is 0 Å². The molecule has 2 aromatic heterocycles. The molecule has 0 amide bonds. The molecule has 0 radical (unpaired) electrons. The molecule has 25 heavy (non-hydrogen) atoms. The maximum Gasteiger partial charge on any atom is 0.229 e. The summed E-state index contributed by atoms with van der Waals surface area (Å²) in [5.74, 6) is 1.82. The molecule has 2 N–H and O–H groups in total. The first kappa shape index (κ1) is 16.9. The number of aryl methyl sites for hydroxylation is 1. The van der Waals surface area contributed by atoms with Crippen molar-refractivity contribution in [3.05, 3.63) is 71.7 Å². The molecule has 0 aliphatic heterocycles. The van der Waals surface area contributed by atoms with E-state index < -0.39 is 0 Å². The van der Waals surface area contributed by atoms with Crippen LogP contribution in [0.5, 0.6) is 0 Å². The first-order valence-electron chi connectivity index (χ1n) is 8.46. The minimum absolute atomic E-state index is 0.427. The maximum atomic E-state index is 4.59.